The van der Waals surface area contributed by atoms with Gasteiger partial charge < -0.3 is 9.64 Å². The fourth-order valence-electron chi connectivity index (χ4n) is 3.19. The number of sulfone groups is 1. The second-order valence-corrected chi connectivity index (χ2v) is 8.66. The summed E-state index contributed by atoms with van der Waals surface area (Å²) in [6.07, 6.45) is 4.30. The molecule has 0 bridgehead atoms. The van der Waals surface area contributed by atoms with Gasteiger partial charge in [0.1, 0.15) is 0 Å². The van der Waals surface area contributed by atoms with E-state index in [-0.39, 0.29) is 29.9 Å². The molecule has 1 fully saturated rings. The highest BCUT2D eigenvalue weighted by Gasteiger charge is 2.34. The van der Waals surface area contributed by atoms with Crippen LogP contribution in [0.1, 0.15) is 12.0 Å². The number of ether oxygens (including phenoxy) is 1. The molecule has 0 N–H and O–H groups in total. The largest absolute Gasteiger partial charge is 0.383 e. The van der Waals surface area contributed by atoms with E-state index in [9.17, 15) is 13.2 Å². The number of aromatic nitrogens is 2. The minimum Gasteiger partial charge on any atom is -0.383 e. The molecular weight excluding hydrogens is 354 g/mol. The van der Waals surface area contributed by atoms with Gasteiger partial charge >= 0.3 is 0 Å². The first-order chi connectivity index (χ1) is 12.5. The Balaban J connectivity index is 1.69. The summed E-state index contributed by atoms with van der Waals surface area (Å²) in [6.45, 7) is 0.793. The van der Waals surface area contributed by atoms with Crippen molar-refractivity contribution in [2.24, 2.45) is 0 Å². The van der Waals surface area contributed by atoms with Crippen LogP contribution in [0.5, 0.6) is 0 Å². The number of hydrogen-bond acceptors (Lipinski definition) is 5. The van der Waals surface area contributed by atoms with Crippen LogP contribution >= 0.6 is 0 Å². The van der Waals surface area contributed by atoms with Crippen LogP contribution in [0.25, 0.3) is 5.69 Å². The van der Waals surface area contributed by atoms with Crippen molar-refractivity contribution in [2.45, 2.75) is 18.9 Å². The topological polar surface area (TPSA) is 81.5 Å². The molecule has 1 aromatic carbocycles. The maximum Gasteiger partial charge on any atom is 0.227 e. The Morgan fingerprint density at radius 2 is 2.12 bits per heavy atom. The zero-order valence-corrected chi connectivity index (χ0v) is 15.6. The lowest BCUT2D eigenvalue weighted by molar-refractivity contribution is -0.133. The van der Waals surface area contributed by atoms with Crippen LogP contribution in [0.3, 0.4) is 0 Å². The number of nitrogens with zero attached hydrogens (tertiary/aromatic N) is 3. The van der Waals surface area contributed by atoms with Gasteiger partial charge in [0.25, 0.3) is 0 Å². The molecule has 2 aromatic rings. The lowest BCUT2D eigenvalue weighted by Crippen LogP contribution is -2.43. The number of carbonyl (C=O) groups is 1. The predicted octanol–water partition coefficient (Wildman–Crippen LogP) is 1.08. The summed E-state index contributed by atoms with van der Waals surface area (Å²) in [6, 6.07) is 9.21. The molecule has 3 rings (SSSR count). The molecule has 1 aromatic heterocycles. The molecule has 1 aliphatic heterocycles. The van der Waals surface area contributed by atoms with Crippen LogP contribution in [0, 0.1) is 0 Å². The van der Waals surface area contributed by atoms with Gasteiger partial charge in [0, 0.05) is 32.1 Å². The highest BCUT2D eigenvalue weighted by molar-refractivity contribution is 7.91. The van der Waals surface area contributed by atoms with Crippen LogP contribution in [-0.2, 0) is 25.8 Å². The fourth-order valence-corrected chi connectivity index (χ4v) is 4.92. The number of carbonyl (C=O) groups excluding carboxylic acids is 1. The molecule has 26 heavy (non-hydrogen) atoms. The Morgan fingerprint density at radius 1 is 1.35 bits per heavy atom. The second-order valence-electron chi connectivity index (χ2n) is 6.43. The molecule has 1 saturated heterocycles. The third-order valence-corrected chi connectivity index (χ3v) is 6.32. The van der Waals surface area contributed by atoms with Crippen LogP contribution in [-0.4, -0.2) is 66.8 Å². The highest BCUT2D eigenvalue weighted by Crippen LogP contribution is 2.19. The molecule has 0 spiro atoms. The molecule has 8 heteroatoms. The van der Waals surface area contributed by atoms with Crippen molar-refractivity contribution in [2.75, 3.05) is 31.8 Å². The summed E-state index contributed by atoms with van der Waals surface area (Å²) in [4.78, 5) is 14.5. The zero-order valence-electron chi connectivity index (χ0n) is 14.7. The molecule has 7 nitrogen and oxygen atoms in total. The van der Waals surface area contributed by atoms with Gasteiger partial charge in [-0.2, -0.15) is 5.10 Å². The summed E-state index contributed by atoms with van der Waals surface area (Å²) < 4.78 is 30.4. The molecule has 1 atom stereocenters. The summed E-state index contributed by atoms with van der Waals surface area (Å²) in [7, 11) is -1.48. The maximum absolute atomic E-state index is 12.8. The predicted molar refractivity (Wildman–Crippen MR) is 97.9 cm³/mol. The number of hydrogen-bond donors (Lipinski definition) is 0. The standard InChI is InChI=1S/C18H23N3O4S/c1-25-11-10-20(17-7-12-26(23,24)14-17)18(22)13-15-3-5-16(6-4-15)21-9-2-8-19-21/h2-6,8-9,17H,7,10-14H2,1H3. The van der Waals surface area contributed by atoms with E-state index in [0.717, 1.165) is 11.3 Å². The Labute approximate surface area is 153 Å². The minimum atomic E-state index is -3.05. The normalized spacial score (nSPS) is 18.7. The molecule has 1 aliphatic rings. The lowest BCUT2D eigenvalue weighted by atomic mass is 10.1. The van der Waals surface area contributed by atoms with Gasteiger partial charge in [0.05, 0.1) is 30.2 Å². The van der Waals surface area contributed by atoms with Crippen LogP contribution < -0.4 is 0 Å². The maximum atomic E-state index is 12.8. The van der Waals surface area contributed by atoms with E-state index < -0.39 is 9.84 Å². The van der Waals surface area contributed by atoms with Crippen molar-refractivity contribution in [1.29, 1.82) is 0 Å². The highest BCUT2D eigenvalue weighted by atomic mass is 32.2. The van der Waals surface area contributed by atoms with E-state index >= 15 is 0 Å². The Morgan fingerprint density at radius 3 is 2.69 bits per heavy atom. The van der Waals surface area contributed by atoms with Crippen molar-refractivity contribution in [3.05, 3.63) is 48.3 Å². The van der Waals surface area contributed by atoms with Crippen molar-refractivity contribution in [3.63, 3.8) is 0 Å². The molecule has 0 saturated carbocycles. The summed E-state index contributed by atoms with van der Waals surface area (Å²) in [5.41, 5.74) is 1.80. The van der Waals surface area contributed by atoms with E-state index in [4.69, 9.17) is 4.74 Å². The minimum absolute atomic E-state index is 0.0424. The quantitative estimate of drug-likeness (QED) is 0.721. The van der Waals surface area contributed by atoms with Crippen molar-refractivity contribution in [3.8, 4) is 5.69 Å². The smallest absolute Gasteiger partial charge is 0.227 e. The molecule has 140 valence electrons. The van der Waals surface area contributed by atoms with Crippen molar-refractivity contribution < 1.29 is 17.9 Å². The van der Waals surface area contributed by atoms with Gasteiger partial charge in [0.15, 0.2) is 9.84 Å². The van der Waals surface area contributed by atoms with E-state index in [2.05, 4.69) is 5.10 Å². The number of rotatable bonds is 7. The Hall–Kier alpha value is -2.19. The third kappa shape index (κ3) is 4.50. The summed E-state index contributed by atoms with van der Waals surface area (Å²) in [5.74, 6) is 0.115. The fraction of sp³-hybridized carbons (Fsp3) is 0.444. The van der Waals surface area contributed by atoms with E-state index in [1.807, 2.05) is 36.5 Å². The van der Waals surface area contributed by atoms with Crippen LogP contribution in [0.4, 0.5) is 0 Å². The first-order valence-corrected chi connectivity index (χ1v) is 10.4. The van der Waals surface area contributed by atoms with E-state index in [1.54, 1.807) is 22.9 Å². The van der Waals surface area contributed by atoms with Crippen molar-refractivity contribution >= 4 is 15.7 Å². The monoisotopic (exact) mass is 377 g/mol. The first-order valence-electron chi connectivity index (χ1n) is 8.56. The van der Waals surface area contributed by atoms with Gasteiger partial charge in [-0.25, -0.2) is 13.1 Å². The van der Waals surface area contributed by atoms with Crippen LogP contribution in [0.2, 0.25) is 0 Å². The SMILES string of the molecule is COCCN(C(=O)Cc1ccc(-n2cccn2)cc1)C1CCS(=O)(=O)C1. The summed E-state index contributed by atoms with van der Waals surface area (Å²) in [5, 5.41) is 4.18. The van der Waals surface area contributed by atoms with Crippen LogP contribution in [0.15, 0.2) is 42.7 Å². The average Bonchev–Trinajstić information content (AvgIpc) is 3.26. The molecule has 1 amide bonds. The Bertz CT molecular complexity index is 832. The number of methoxy groups -OCH3 is 1. The van der Waals surface area contributed by atoms with E-state index in [0.29, 0.717) is 19.6 Å². The van der Waals surface area contributed by atoms with Gasteiger partial charge in [-0.15, -0.1) is 0 Å². The molecule has 2 heterocycles. The zero-order chi connectivity index (χ0) is 18.6. The third-order valence-electron chi connectivity index (χ3n) is 4.57. The average molecular weight is 377 g/mol. The number of amides is 1. The lowest BCUT2D eigenvalue weighted by Gasteiger charge is -2.28. The molecule has 1 unspecified atom stereocenters. The summed E-state index contributed by atoms with van der Waals surface area (Å²) >= 11 is 0. The van der Waals surface area contributed by atoms with Gasteiger partial charge in [-0.05, 0) is 30.2 Å². The van der Waals surface area contributed by atoms with Gasteiger partial charge in [-0.1, -0.05) is 12.1 Å². The first kappa shape index (κ1) is 18.6. The number of benzene rings is 1. The molecule has 0 radical (unpaired) electrons. The molecular formula is C18H23N3O4S. The second kappa shape index (κ2) is 8.01. The Kier molecular flexibility index (Phi) is 5.73. The van der Waals surface area contributed by atoms with Gasteiger partial charge in [0.2, 0.25) is 5.91 Å². The van der Waals surface area contributed by atoms with E-state index in [1.165, 1.54) is 0 Å². The van der Waals surface area contributed by atoms with Gasteiger partial charge in [-0.3, -0.25) is 4.79 Å². The van der Waals surface area contributed by atoms with Crippen molar-refractivity contribution in [1.82, 2.24) is 14.7 Å². The molecule has 0 aliphatic carbocycles.